The molecule has 1 N–H and O–H groups in total. The first-order valence-electron chi connectivity index (χ1n) is 22.7. The van der Waals surface area contributed by atoms with Gasteiger partial charge in [0.05, 0.1) is 80.4 Å². The number of rotatable bonds is 7. The molecule has 10 aliphatic rings. The highest BCUT2D eigenvalue weighted by Gasteiger charge is 2.68. The molecule has 0 radical (unpaired) electrons. The maximum Gasteiger partial charge on any atom is 0.172 e. The quantitative estimate of drug-likeness (QED) is 0.332. The first kappa shape index (κ1) is 41.8. The zero-order valence-corrected chi connectivity index (χ0v) is 35.0. The van der Waals surface area contributed by atoms with Gasteiger partial charge >= 0.3 is 0 Å². The Kier molecular flexibility index (Phi) is 11.9. The molecular formula is C47H63FO12. The summed E-state index contributed by atoms with van der Waals surface area (Å²) in [5.74, 6) is -1.08. The van der Waals surface area contributed by atoms with Crippen molar-refractivity contribution >= 4 is 5.78 Å². The number of methoxy groups -OCH3 is 1. The Labute approximate surface area is 352 Å². The Morgan fingerprint density at radius 3 is 2.38 bits per heavy atom. The molecule has 10 saturated heterocycles. The van der Waals surface area contributed by atoms with Gasteiger partial charge in [0.25, 0.3) is 0 Å². The number of carbonyl (C=O) groups is 1. The average molecular weight is 839 g/mol. The van der Waals surface area contributed by atoms with E-state index in [0.717, 1.165) is 55.2 Å². The molecule has 1 aromatic carbocycles. The van der Waals surface area contributed by atoms with Crippen molar-refractivity contribution in [1.82, 2.24) is 0 Å². The van der Waals surface area contributed by atoms with E-state index in [-0.39, 0.29) is 135 Å². The number of Topliss-reactive ketones (excluding diaryl/α,β-unsaturated/α-hetero) is 1. The number of carbonyl (C=O) groups excluding carboxylic acids is 1. The van der Waals surface area contributed by atoms with Gasteiger partial charge in [-0.1, -0.05) is 32.2 Å². The molecule has 19 unspecified atom stereocenters. The van der Waals surface area contributed by atoms with Crippen LogP contribution >= 0.6 is 0 Å². The normalized spacial score (nSPS) is 46.9. The van der Waals surface area contributed by atoms with E-state index >= 15 is 0 Å². The van der Waals surface area contributed by atoms with Crippen LogP contribution in [0.1, 0.15) is 96.0 Å². The molecular weight excluding hydrogens is 776 g/mol. The Hall–Kier alpha value is -2.14. The van der Waals surface area contributed by atoms with Crippen molar-refractivity contribution in [2.24, 2.45) is 11.8 Å². The molecule has 12 bridgehead atoms. The predicted molar refractivity (Wildman–Crippen MR) is 213 cm³/mol. The third-order valence-electron chi connectivity index (χ3n) is 15.2. The second kappa shape index (κ2) is 17.1. The molecule has 1 spiro atoms. The van der Waals surface area contributed by atoms with E-state index in [0.29, 0.717) is 25.7 Å². The molecule has 0 saturated carbocycles. The molecule has 1 aromatic rings. The van der Waals surface area contributed by atoms with E-state index in [2.05, 4.69) is 20.1 Å². The highest BCUT2D eigenvalue weighted by Crippen LogP contribution is 2.54. The van der Waals surface area contributed by atoms with Gasteiger partial charge in [-0.3, -0.25) is 4.79 Å². The van der Waals surface area contributed by atoms with Crippen molar-refractivity contribution in [1.29, 1.82) is 0 Å². The van der Waals surface area contributed by atoms with Crippen LogP contribution in [0.3, 0.4) is 0 Å². The van der Waals surface area contributed by atoms with Crippen molar-refractivity contribution in [2.45, 2.75) is 200 Å². The van der Waals surface area contributed by atoms with Gasteiger partial charge in [0.2, 0.25) is 0 Å². The lowest BCUT2D eigenvalue weighted by molar-refractivity contribution is -0.292. The lowest BCUT2D eigenvalue weighted by atomic mass is 9.81. The van der Waals surface area contributed by atoms with E-state index in [1.165, 1.54) is 12.1 Å². The second-order valence-electron chi connectivity index (χ2n) is 19.3. The van der Waals surface area contributed by atoms with Gasteiger partial charge in [-0.05, 0) is 79.7 Å². The Morgan fingerprint density at radius 1 is 0.800 bits per heavy atom. The van der Waals surface area contributed by atoms with Gasteiger partial charge in [-0.2, -0.15) is 0 Å². The maximum atomic E-state index is 14.3. The van der Waals surface area contributed by atoms with Crippen LogP contribution in [0.5, 0.6) is 0 Å². The van der Waals surface area contributed by atoms with Gasteiger partial charge < -0.3 is 52.5 Å². The first-order valence-corrected chi connectivity index (χ1v) is 22.7. The number of hydrogen-bond donors (Lipinski definition) is 1. The van der Waals surface area contributed by atoms with Crippen molar-refractivity contribution in [2.75, 3.05) is 13.7 Å². The van der Waals surface area contributed by atoms with E-state index in [1.807, 2.05) is 0 Å². The van der Waals surface area contributed by atoms with Crippen LogP contribution in [-0.4, -0.2) is 128 Å². The molecule has 330 valence electrons. The van der Waals surface area contributed by atoms with Crippen molar-refractivity contribution in [3.05, 3.63) is 60.0 Å². The smallest absolute Gasteiger partial charge is 0.172 e. The summed E-state index contributed by atoms with van der Waals surface area (Å²) in [6.07, 6.45) is 3.79. The zero-order chi connectivity index (χ0) is 41.3. The monoisotopic (exact) mass is 838 g/mol. The van der Waals surface area contributed by atoms with E-state index in [4.69, 9.17) is 47.4 Å². The summed E-state index contributed by atoms with van der Waals surface area (Å²) in [7, 11) is 1.65. The number of aliphatic hydroxyl groups excluding tert-OH is 1. The Bertz CT molecular complexity index is 1740. The molecule has 0 aliphatic carbocycles. The van der Waals surface area contributed by atoms with Crippen LogP contribution in [0.4, 0.5) is 4.39 Å². The molecule has 0 amide bonds. The molecule has 11 rings (SSSR count). The minimum absolute atomic E-state index is 0.00905. The number of hydrogen-bond acceptors (Lipinski definition) is 12. The summed E-state index contributed by atoms with van der Waals surface area (Å²) in [5, 5.41) is 11.2. The summed E-state index contributed by atoms with van der Waals surface area (Å²) in [5.41, 5.74) is 2.97. The van der Waals surface area contributed by atoms with E-state index < -0.39 is 24.1 Å². The topological polar surface area (TPSA) is 130 Å². The summed E-state index contributed by atoms with van der Waals surface area (Å²) in [6, 6.07) is 6.11. The van der Waals surface area contributed by atoms with Crippen LogP contribution in [0.15, 0.2) is 48.6 Å². The summed E-state index contributed by atoms with van der Waals surface area (Å²) in [4.78, 5) is 14.3. The first-order chi connectivity index (χ1) is 29.0. The van der Waals surface area contributed by atoms with Crippen LogP contribution in [-0.2, 0) is 58.8 Å². The van der Waals surface area contributed by atoms with Gasteiger partial charge in [0.15, 0.2) is 5.79 Å². The third kappa shape index (κ3) is 8.24. The molecule has 10 aliphatic heterocycles. The molecule has 0 aromatic heterocycles. The lowest BCUT2D eigenvalue weighted by Crippen LogP contribution is -2.61. The van der Waals surface area contributed by atoms with Gasteiger partial charge in [-0.25, -0.2) is 4.39 Å². The summed E-state index contributed by atoms with van der Waals surface area (Å²) >= 11 is 0. The fourth-order valence-electron chi connectivity index (χ4n) is 12.1. The lowest BCUT2D eigenvalue weighted by Gasteiger charge is -2.47. The van der Waals surface area contributed by atoms with Gasteiger partial charge in [0.1, 0.15) is 42.1 Å². The Morgan fingerprint density at radius 2 is 1.55 bits per heavy atom. The largest absolute Gasteiger partial charge is 0.391 e. The third-order valence-corrected chi connectivity index (χ3v) is 15.2. The van der Waals surface area contributed by atoms with Crippen LogP contribution in [0.2, 0.25) is 0 Å². The van der Waals surface area contributed by atoms with Crippen LogP contribution < -0.4 is 0 Å². The number of aliphatic hydroxyl groups is 1. The molecule has 19 atom stereocenters. The summed E-state index contributed by atoms with van der Waals surface area (Å²) < 4.78 is 79.7. The minimum atomic E-state index is -0.849. The average Bonchev–Trinajstić information content (AvgIpc) is 3.90. The summed E-state index contributed by atoms with van der Waals surface area (Å²) in [6.45, 7) is 11.5. The fraction of sp³-hybridized carbons (Fsp3) is 0.766. The number of ketones is 1. The van der Waals surface area contributed by atoms with Crippen LogP contribution in [0.25, 0.3) is 0 Å². The second-order valence-corrected chi connectivity index (χ2v) is 19.3. The maximum absolute atomic E-state index is 14.3. The Balaban J connectivity index is 0.884. The SMILES string of the molecule is C=C1CC2CCC34CC5OC6C(OC7CCC(CC(=O)CC8C(CC9OC(CCC1O2)CC(C)C9=C)OC(CC(O)COCc1ccc(F)cc1)C8OC)OC7C6O3)C5O4. The van der Waals surface area contributed by atoms with E-state index in [9.17, 15) is 14.3 Å². The van der Waals surface area contributed by atoms with Crippen molar-refractivity contribution in [3.8, 4) is 0 Å². The molecule has 13 heteroatoms. The van der Waals surface area contributed by atoms with Gasteiger partial charge in [0, 0.05) is 51.6 Å². The molecule has 12 nitrogen and oxygen atoms in total. The number of benzene rings is 1. The molecule has 10 fully saturated rings. The van der Waals surface area contributed by atoms with Gasteiger partial charge in [-0.15, -0.1) is 0 Å². The highest BCUT2D eigenvalue weighted by atomic mass is 19.1. The number of fused-ring (bicyclic) bond motifs is 6. The number of halogens is 1. The van der Waals surface area contributed by atoms with Crippen molar-refractivity contribution < 1.29 is 61.7 Å². The highest BCUT2D eigenvalue weighted by molar-refractivity contribution is 5.79. The zero-order valence-electron chi connectivity index (χ0n) is 35.0. The fourth-order valence-corrected chi connectivity index (χ4v) is 12.1. The van der Waals surface area contributed by atoms with Crippen molar-refractivity contribution in [3.63, 3.8) is 0 Å². The molecule has 10 heterocycles. The van der Waals surface area contributed by atoms with Crippen LogP contribution in [0, 0.1) is 17.7 Å². The van der Waals surface area contributed by atoms with E-state index in [1.54, 1.807) is 19.2 Å². The molecule has 60 heavy (non-hydrogen) atoms. The number of ether oxygens (including phenoxy) is 10. The predicted octanol–water partition coefficient (Wildman–Crippen LogP) is 5.84. The standard InChI is InChI=1S/C47H63FO12/c1-24-15-31-9-11-35-25(2)16-33(53-35)13-14-47-21-40-43(59-47)44-45(58-40)46(60-47)42-36(57-44)12-10-32(55-42)17-29(49)18-34-38(20-37(54-31)26(24)3)56-39(41(34)51-4)19-30(50)23-52-22-27-5-7-28(48)8-6-27/h5-8,24,30-46,50H,2-3,9-23H2,1,4H3. The minimum Gasteiger partial charge on any atom is -0.391 e.